The van der Waals surface area contributed by atoms with Crippen LogP contribution in [0.3, 0.4) is 0 Å². The first-order chi connectivity index (χ1) is 16.7. The van der Waals surface area contributed by atoms with Gasteiger partial charge in [-0.1, -0.05) is 24.3 Å². The van der Waals surface area contributed by atoms with Crippen molar-refractivity contribution in [3.8, 4) is 11.5 Å². The lowest BCUT2D eigenvalue weighted by atomic mass is 10.0. The Kier molecular flexibility index (Phi) is 9.22. The summed E-state index contributed by atoms with van der Waals surface area (Å²) >= 11 is 0. The number of nitrogens with zero attached hydrogens (tertiary/aromatic N) is 1. The number of carbonyl (C=O) groups excluding carboxylic acids is 1. The molecule has 4 N–H and O–H groups in total. The quantitative estimate of drug-likeness (QED) is 0.369. The Labute approximate surface area is 203 Å². The molecule has 0 saturated heterocycles. The molecular formula is C25H32F3N3O4. The number of aliphatic hydroxyl groups excluding tert-OH is 1. The molecule has 192 valence electrons. The van der Waals surface area contributed by atoms with Crippen molar-refractivity contribution in [3.05, 3.63) is 53.6 Å². The van der Waals surface area contributed by atoms with Crippen molar-refractivity contribution in [2.24, 2.45) is 5.73 Å². The van der Waals surface area contributed by atoms with Crippen LogP contribution < -0.4 is 25.4 Å². The number of carbonyl (C=O) groups is 1. The van der Waals surface area contributed by atoms with Crippen LogP contribution in [0.5, 0.6) is 11.5 Å². The first-order valence-electron chi connectivity index (χ1n) is 11.6. The summed E-state index contributed by atoms with van der Waals surface area (Å²) in [5, 5.41) is 12.7. The van der Waals surface area contributed by atoms with Crippen LogP contribution in [-0.2, 0) is 6.42 Å². The fourth-order valence-electron chi connectivity index (χ4n) is 4.39. The van der Waals surface area contributed by atoms with E-state index in [0.717, 1.165) is 24.1 Å². The van der Waals surface area contributed by atoms with Crippen LogP contribution in [0, 0.1) is 0 Å². The van der Waals surface area contributed by atoms with Crippen molar-refractivity contribution in [2.45, 2.75) is 44.4 Å². The molecule has 0 aromatic heterocycles. The fourth-order valence-corrected chi connectivity index (χ4v) is 4.39. The first-order valence-corrected chi connectivity index (χ1v) is 11.6. The van der Waals surface area contributed by atoms with Gasteiger partial charge in [-0.05, 0) is 49.9 Å². The van der Waals surface area contributed by atoms with Gasteiger partial charge in [0.15, 0.2) is 18.1 Å². The number of hydrogen-bond donors (Lipinski definition) is 3. The molecule has 0 spiro atoms. The zero-order valence-electron chi connectivity index (χ0n) is 19.7. The Hall–Kier alpha value is -2.98. The fraction of sp³-hybridized carbons (Fsp3) is 0.480. The molecular weight excluding hydrogens is 463 g/mol. The molecule has 0 aliphatic carbocycles. The predicted octanol–water partition coefficient (Wildman–Crippen LogP) is 3.29. The lowest BCUT2D eigenvalue weighted by Gasteiger charge is -2.30. The number of primary amides is 1. The third-order valence-corrected chi connectivity index (χ3v) is 5.84. The number of alkyl halides is 3. The number of nitrogens with one attached hydrogen (secondary N) is 1. The van der Waals surface area contributed by atoms with Gasteiger partial charge in [0.05, 0.1) is 11.3 Å². The molecule has 3 rings (SSSR count). The summed E-state index contributed by atoms with van der Waals surface area (Å²) in [5.41, 5.74) is 8.00. The van der Waals surface area contributed by atoms with Crippen molar-refractivity contribution in [1.29, 1.82) is 0 Å². The van der Waals surface area contributed by atoms with Crippen LogP contribution in [0.25, 0.3) is 0 Å². The molecule has 10 heteroatoms. The van der Waals surface area contributed by atoms with Gasteiger partial charge < -0.3 is 30.5 Å². The van der Waals surface area contributed by atoms with Gasteiger partial charge >= 0.3 is 6.18 Å². The number of aliphatic hydroxyl groups is 1. The average molecular weight is 496 g/mol. The highest BCUT2D eigenvalue weighted by atomic mass is 19.4. The molecule has 7 nitrogen and oxygen atoms in total. The lowest BCUT2D eigenvalue weighted by molar-refractivity contribution is -0.153. The highest BCUT2D eigenvalue weighted by Crippen LogP contribution is 2.37. The molecule has 1 aliphatic rings. The van der Waals surface area contributed by atoms with Crippen LogP contribution in [0.2, 0.25) is 0 Å². The molecule has 2 aromatic rings. The van der Waals surface area contributed by atoms with E-state index in [9.17, 15) is 23.1 Å². The number of nitrogens with two attached hydrogens (primary N) is 1. The molecule has 35 heavy (non-hydrogen) atoms. The molecule has 1 amide bonds. The van der Waals surface area contributed by atoms with E-state index >= 15 is 0 Å². The topological polar surface area (TPSA) is 97.1 Å². The minimum Gasteiger partial charge on any atom is -0.488 e. The maximum Gasteiger partial charge on any atom is 0.422 e. The van der Waals surface area contributed by atoms with Crippen molar-refractivity contribution < 1.29 is 32.5 Å². The van der Waals surface area contributed by atoms with Gasteiger partial charge in [0.2, 0.25) is 0 Å². The van der Waals surface area contributed by atoms with Gasteiger partial charge in [-0.2, -0.15) is 13.2 Å². The van der Waals surface area contributed by atoms with Gasteiger partial charge in [-0.15, -0.1) is 0 Å². The van der Waals surface area contributed by atoms with E-state index in [1.165, 1.54) is 6.07 Å². The highest BCUT2D eigenvalue weighted by Gasteiger charge is 2.33. The molecule has 1 aliphatic heterocycles. The van der Waals surface area contributed by atoms with Crippen LogP contribution in [0.15, 0.2) is 42.5 Å². The van der Waals surface area contributed by atoms with E-state index in [-0.39, 0.29) is 36.8 Å². The van der Waals surface area contributed by atoms with E-state index in [1.807, 2.05) is 19.1 Å². The Morgan fingerprint density at radius 1 is 1.20 bits per heavy atom. The van der Waals surface area contributed by atoms with Crippen LogP contribution in [0.4, 0.5) is 18.9 Å². The number of rotatable bonds is 13. The van der Waals surface area contributed by atoms with E-state index in [0.29, 0.717) is 25.1 Å². The third kappa shape index (κ3) is 7.50. The summed E-state index contributed by atoms with van der Waals surface area (Å²) in [5.74, 6) is -0.169. The van der Waals surface area contributed by atoms with E-state index in [1.54, 1.807) is 24.3 Å². The van der Waals surface area contributed by atoms with Crippen molar-refractivity contribution in [1.82, 2.24) is 5.32 Å². The second kappa shape index (κ2) is 12.1. The van der Waals surface area contributed by atoms with Gasteiger partial charge in [-0.25, -0.2) is 0 Å². The number of para-hydroxylation sites is 3. The maximum atomic E-state index is 12.5. The molecule has 0 saturated carbocycles. The minimum atomic E-state index is -4.42. The largest absolute Gasteiger partial charge is 0.488 e. The molecule has 1 heterocycles. The number of halogens is 3. The summed E-state index contributed by atoms with van der Waals surface area (Å²) in [6.45, 7) is 2.07. The zero-order valence-corrected chi connectivity index (χ0v) is 19.7. The van der Waals surface area contributed by atoms with Gasteiger partial charge in [0, 0.05) is 31.8 Å². The van der Waals surface area contributed by atoms with Gasteiger partial charge in [-0.3, -0.25) is 4.79 Å². The summed E-state index contributed by atoms with van der Waals surface area (Å²) in [6.07, 6.45) is -2.29. The molecule has 2 atom stereocenters. The van der Waals surface area contributed by atoms with Crippen LogP contribution >= 0.6 is 0 Å². The average Bonchev–Trinajstić information content (AvgIpc) is 3.15. The highest BCUT2D eigenvalue weighted by molar-refractivity contribution is 6.00. The zero-order chi connectivity index (χ0) is 25.4. The summed E-state index contributed by atoms with van der Waals surface area (Å²) in [6, 6.07) is 12.1. The van der Waals surface area contributed by atoms with E-state index < -0.39 is 18.7 Å². The SMILES string of the molecule is CC(CC1Cc2cccc(C(N)=O)c2N1CCCO)NCCOc1ccccc1OCC(F)(F)F. The molecule has 2 unspecified atom stereocenters. The van der Waals surface area contributed by atoms with Crippen LogP contribution in [0.1, 0.15) is 35.7 Å². The van der Waals surface area contributed by atoms with Gasteiger partial charge in [0.25, 0.3) is 5.91 Å². The number of benzene rings is 2. The van der Waals surface area contributed by atoms with Crippen molar-refractivity contribution in [3.63, 3.8) is 0 Å². The first kappa shape index (κ1) is 26.6. The number of hydrogen-bond acceptors (Lipinski definition) is 6. The third-order valence-electron chi connectivity index (χ3n) is 5.84. The van der Waals surface area contributed by atoms with Crippen molar-refractivity contribution >= 4 is 11.6 Å². The lowest BCUT2D eigenvalue weighted by Crippen LogP contribution is -2.40. The molecule has 2 aromatic carbocycles. The maximum absolute atomic E-state index is 12.5. The molecule has 0 fully saturated rings. The second-order valence-corrected chi connectivity index (χ2v) is 8.60. The van der Waals surface area contributed by atoms with Crippen molar-refractivity contribution in [2.75, 3.05) is 37.8 Å². The summed E-state index contributed by atoms with van der Waals surface area (Å²) in [4.78, 5) is 14.1. The standard InChI is InChI=1S/C25H32F3N3O4/c1-17(30-10-13-34-21-8-2-3-9-22(21)35-16-25(26,27)28)14-19-15-18-6-4-7-20(24(29)33)23(18)31(19)11-5-12-32/h2-4,6-9,17,19,30,32H,5,10-16H2,1H3,(H2,29,33). The molecule has 0 radical (unpaired) electrons. The smallest absolute Gasteiger partial charge is 0.422 e. The summed E-state index contributed by atoms with van der Waals surface area (Å²) < 4.78 is 47.9. The van der Waals surface area contributed by atoms with Gasteiger partial charge in [0.1, 0.15) is 6.61 Å². The Morgan fingerprint density at radius 3 is 2.57 bits per heavy atom. The number of amides is 1. The normalized spacial score (nSPS) is 16.1. The number of fused-ring (bicyclic) bond motifs is 1. The van der Waals surface area contributed by atoms with E-state index in [4.69, 9.17) is 15.2 Å². The van der Waals surface area contributed by atoms with Crippen LogP contribution in [-0.4, -0.2) is 62.2 Å². The monoisotopic (exact) mass is 495 g/mol. The van der Waals surface area contributed by atoms with E-state index in [2.05, 4.69) is 10.2 Å². The Bertz CT molecular complexity index is 987. The number of ether oxygens (including phenoxy) is 2. The Morgan fingerprint density at radius 2 is 1.91 bits per heavy atom. The minimum absolute atomic E-state index is 0.0476. The predicted molar refractivity (Wildman–Crippen MR) is 127 cm³/mol. The number of anilines is 1. The Balaban J connectivity index is 1.53. The molecule has 0 bridgehead atoms. The second-order valence-electron chi connectivity index (χ2n) is 8.60. The summed E-state index contributed by atoms with van der Waals surface area (Å²) in [7, 11) is 0.